The number of aliphatic carboxylic acids is 1. The standard InChI is InChI=1S/C27H35N3O6S/c1-7-8-13-36-25(30-18-9-11-22(12-10-18)37-27(3,4)26(32)33)17(2)23(28)24(31)29-19-14-20(34-5)16-21(15-19)35-6/h9-12,14-17,28H,7-8,13H2,1-6H3,(H,29,31)(H,32,33). The number of carboxylic acids is 1. The summed E-state index contributed by atoms with van der Waals surface area (Å²) in [4.78, 5) is 29.7. The third-order valence-corrected chi connectivity index (χ3v) is 6.56. The minimum absolute atomic E-state index is 0.215. The predicted molar refractivity (Wildman–Crippen MR) is 147 cm³/mol. The van der Waals surface area contributed by atoms with Crippen LogP contribution in [0.1, 0.15) is 40.5 Å². The lowest BCUT2D eigenvalue weighted by atomic mass is 10.0. The van der Waals surface area contributed by atoms with E-state index in [0.717, 1.165) is 17.7 Å². The summed E-state index contributed by atoms with van der Waals surface area (Å²) in [5.74, 6) is -0.950. The first kappa shape index (κ1) is 29.7. The van der Waals surface area contributed by atoms with E-state index in [-0.39, 0.29) is 11.6 Å². The van der Waals surface area contributed by atoms with Crippen molar-refractivity contribution in [3.8, 4) is 11.5 Å². The molecular weight excluding hydrogens is 494 g/mol. The molecule has 3 N–H and O–H groups in total. The number of carbonyl (C=O) groups excluding carboxylic acids is 1. The molecule has 0 aliphatic heterocycles. The number of anilines is 1. The van der Waals surface area contributed by atoms with Gasteiger partial charge in [0, 0.05) is 28.8 Å². The highest BCUT2D eigenvalue weighted by molar-refractivity contribution is 8.01. The Balaban J connectivity index is 2.23. The molecule has 0 spiro atoms. The highest BCUT2D eigenvalue weighted by Gasteiger charge is 2.28. The van der Waals surface area contributed by atoms with Crippen LogP contribution in [0.2, 0.25) is 0 Å². The summed E-state index contributed by atoms with van der Waals surface area (Å²) >= 11 is 1.24. The number of methoxy groups -OCH3 is 2. The molecule has 0 bridgehead atoms. The van der Waals surface area contributed by atoms with Crippen LogP contribution in [0, 0.1) is 11.3 Å². The first-order valence-corrected chi connectivity index (χ1v) is 12.7. The number of aliphatic imine (C=N–C) groups is 1. The molecule has 2 aromatic carbocycles. The van der Waals surface area contributed by atoms with Gasteiger partial charge in [-0.1, -0.05) is 13.3 Å². The zero-order valence-electron chi connectivity index (χ0n) is 22.1. The molecule has 1 amide bonds. The molecule has 1 atom stereocenters. The second-order valence-corrected chi connectivity index (χ2v) is 10.5. The van der Waals surface area contributed by atoms with Gasteiger partial charge in [-0.3, -0.25) is 15.0 Å². The lowest BCUT2D eigenvalue weighted by Crippen LogP contribution is -2.33. The van der Waals surface area contributed by atoms with Crippen molar-refractivity contribution in [1.82, 2.24) is 0 Å². The largest absolute Gasteiger partial charge is 0.497 e. The fourth-order valence-corrected chi connectivity index (χ4v) is 3.98. The summed E-state index contributed by atoms with van der Waals surface area (Å²) in [6.45, 7) is 7.43. The van der Waals surface area contributed by atoms with Crippen LogP contribution in [0.25, 0.3) is 0 Å². The topological polar surface area (TPSA) is 130 Å². The van der Waals surface area contributed by atoms with Crippen LogP contribution in [-0.2, 0) is 14.3 Å². The van der Waals surface area contributed by atoms with Gasteiger partial charge >= 0.3 is 5.97 Å². The Morgan fingerprint density at radius 2 is 1.70 bits per heavy atom. The van der Waals surface area contributed by atoms with Crippen LogP contribution in [0.5, 0.6) is 11.5 Å². The van der Waals surface area contributed by atoms with Gasteiger partial charge in [0.25, 0.3) is 5.91 Å². The summed E-state index contributed by atoms with van der Waals surface area (Å²) in [6.07, 6.45) is 1.72. The molecule has 0 fully saturated rings. The summed E-state index contributed by atoms with van der Waals surface area (Å²) in [7, 11) is 3.03. The molecule has 0 aromatic heterocycles. The van der Waals surface area contributed by atoms with Gasteiger partial charge in [-0.2, -0.15) is 0 Å². The maximum atomic E-state index is 12.9. The van der Waals surface area contributed by atoms with Crippen LogP contribution >= 0.6 is 11.8 Å². The van der Waals surface area contributed by atoms with Crippen molar-refractivity contribution in [2.24, 2.45) is 10.9 Å². The Bertz CT molecular complexity index is 1110. The van der Waals surface area contributed by atoms with E-state index < -0.39 is 22.5 Å². The maximum absolute atomic E-state index is 12.9. The van der Waals surface area contributed by atoms with E-state index in [1.807, 2.05) is 6.92 Å². The van der Waals surface area contributed by atoms with Gasteiger partial charge in [0.2, 0.25) is 0 Å². The van der Waals surface area contributed by atoms with Crippen LogP contribution in [0.4, 0.5) is 11.4 Å². The predicted octanol–water partition coefficient (Wildman–Crippen LogP) is 5.80. The number of nitrogens with one attached hydrogen (secondary N) is 2. The van der Waals surface area contributed by atoms with Crippen LogP contribution in [0.3, 0.4) is 0 Å². The zero-order valence-corrected chi connectivity index (χ0v) is 22.9. The minimum atomic E-state index is -0.969. The number of ether oxygens (including phenoxy) is 3. The Morgan fingerprint density at radius 3 is 2.22 bits per heavy atom. The molecule has 0 aliphatic carbocycles. The Morgan fingerprint density at radius 1 is 1.11 bits per heavy atom. The fraction of sp³-hybridized carbons (Fsp3) is 0.407. The second-order valence-electron chi connectivity index (χ2n) is 8.75. The second kappa shape index (κ2) is 13.7. The molecule has 0 aliphatic rings. The number of carbonyl (C=O) groups is 2. The molecular formula is C27H35N3O6S. The van der Waals surface area contributed by atoms with E-state index in [1.165, 1.54) is 26.0 Å². The van der Waals surface area contributed by atoms with Crippen LogP contribution < -0.4 is 14.8 Å². The summed E-state index contributed by atoms with van der Waals surface area (Å²) in [5.41, 5.74) is 0.787. The Hall–Kier alpha value is -3.53. The molecule has 2 aromatic rings. The van der Waals surface area contributed by atoms with Gasteiger partial charge in [0.1, 0.15) is 22.0 Å². The molecule has 1 unspecified atom stereocenters. The first-order valence-electron chi connectivity index (χ1n) is 11.9. The molecule has 0 saturated heterocycles. The van der Waals surface area contributed by atoms with Crippen molar-refractivity contribution in [3.63, 3.8) is 0 Å². The van der Waals surface area contributed by atoms with Crippen molar-refractivity contribution in [2.45, 2.75) is 50.2 Å². The first-order chi connectivity index (χ1) is 17.5. The van der Waals surface area contributed by atoms with E-state index in [9.17, 15) is 14.7 Å². The highest BCUT2D eigenvalue weighted by atomic mass is 32.2. The van der Waals surface area contributed by atoms with Gasteiger partial charge in [-0.05, 0) is 51.5 Å². The quantitative estimate of drug-likeness (QED) is 0.129. The van der Waals surface area contributed by atoms with Crippen molar-refractivity contribution in [1.29, 1.82) is 5.41 Å². The third-order valence-electron chi connectivity index (χ3n) is 5.37. The maximum Gasteiger partial charge on any atom is 0.319 e. The number of rotatable bonds is 13. The van der Waals surface area contributed by atoms with Gasteiger partial charge in [-0.15, -0.1) is 11.8 Å². The Labute approximate surface area is 222 Å². The van der Waals surface area contributed by atoms with E-state index >= 15 is 0 Å². The summed E-state index contributed by atoms with van der Waals surface area (Å²) in [5, 5.41) is 20.6. The average Bonchev–Trinajstić information content (AvgIpc) is 2.87. The lowest BCUT2D eigenvalue weighted by Gasteiger charge is -2.19. The number of benzene rings is 2. The number of thioether (sulfide) groups is 1. The molecule has 0 saturated carbocycles. The van der Waals surface area contributed by atoms with Crippen molar-refractivity contribution in [3.05, 3.63) is 42.5 Å². The molecule has 0 heterocycles. The molecule has 0 radical (unpaired) electrons. The SMILES string of the molecule is CCCCOC(=Nc1ccc(SC(C)(C)C(=O)O)cc1)C(C)C(=N)C(=O)Nc1cc(OC)cc(OC)c1. The van der Waals surface area contributed by atoms with Gasteiger partial charge in [-0.25, -0.2) is 4.99 Å². The number of nitrogens with zero attached hydrogens (tertiary/aromatic N) is 1. The van der Waals surface area contributed by atoms with Crippen LogP contribution in [0.15, 0.2) is 52.4 Å². The normalized spacial score (nSPS) is 12.4. The van der Waals surface area contributed by atoms with Gasteiger partial charge < -0.3 is 24.6 Å². The molecule has 10 heteroatoms. The van der Waals surface area contributed by atoms with E-state index in [2.05, 4.69) is 10.3 Å². The number of carboxylic acid groups (broad SMARTS) is 1. The molecule has 37 heavy (non-hydrogen) atoms. The number of hydrogen-bond acceptors (Lipinski definition) is 8. The van der Waals surface area contributed by atoms with Gasteiger partial charge in [0.05, 0.1) is 32.4 Å². The van der Waals surface area contributed by atoms with Crippen LogP contribution in [-0.4, -0.2) is 54.2 Å². The number of hydrogen-bond donors (Lipinski definition) is 3. The smallest absolute Gasteiger partial charge is 0.319 e. The van der Waals surface area contributed by atoms with E-state index in [1.54, 1.807) is 63.2 Å². The Kier molecular flexibility index (Phi) is 11.0. The summed E-state index contributed by atoms with van der Waals surface area (Å²) < 4.78 is 15.4. The van der Waals surface area contributed by atoms with Crippen molar-refractivity contribution in [2.75, 3.05) is 26.1 Å². The summed E-state index contributed by atoms with van der Waals surface area (Å²) in [6, 6.07) is 12.0. The van der Waals surface area contributed by atoms with Crippen molar-refractivity contribution >= 4 is 46.6 Å². The lowest BCUT2D eigenvalue weighted by molar-refractivity contribution is -0.138. The minimum Gasteiger partial charge on any atom is -0.497 e. The fourth-order valence-electron chi connectivity index (χ4n) is 3.03. The molecule has 200 valence electrons. The number of amides is 1. The molecule has 2 rings (SSSR count). The monoisotopic (exact) mass is 529 g/mol. The highest BCUT2D eigenvalue weighted by Crippen LogP contribution is 2.33. The van der Waals surface area contributed by atoms with Gasteiger partial charge in [0.15, 0.2) is 5.90 Å². The average molecular weight is 530 g/mol. The van der Waals surface area contributed by atoms with E-state index in [4.69, 9.17) is 19.6 Å². The third kappa shape index (κ3) is 8.82. The zero-order chi connectivity index (χ0) is 27.6. The number of unbranched alkanes of at least 4 members (excludes halogenated alkanes) is 1. The molecule has 9 nitrogen and oxygen atoms in total. The van der Waals surface area contributed by atoms with E-state index in [0.29, 0.717) is 29.5 Å². The van der Waals surface area contributed by atoms with Crippen molar-refractivity contribution < 1.29 is 28.9 Å².